The normalized spacial score (nSPS) is 10.7. The van der Waals surface area contributed by atoms with E-state index in [0.717, 1.165) is 12.1 Å². The van der Waals surface area contributed by atoms with Crippen LogP contribution in [0.25, 0.3) is 5.65 Å². The number of halogens is 1. The van der Waals surface area contributed by atoms with Crippen LogP contribution in [0.4, 0.5) is 10.1 Å². The number of hydrogen-bond acceptors (Lipinski definition) is 4. The Morgan fingerprint density at radius 2 is 2.15 bits per heavy atom. The van der Waals surface area contributed by atoms with E-state index in [2.05, 4.69) is 15.5 Å². The molecule has 0 aliphatic heterocycles. The van der Waals surface area contributed by atoms with Gasteiger partial charge in [0.1, 0.15) is 17.9 Å². The maximum absolute atomic E-state index is 13.1. The molecule has 0 saturated carbocycles. The number of anilines is 1. The number of hydrogen-bond donors (Lipinski definition) is 2. The van der Waals surface area contributed by atoms with Gasteiger partial charge in [-0.15, -0.1) is 10.2 Å². The summed E-state index contributed by atoms with van der Waals surface area (Å²) in [6.45, 7) is 0. The van der Waals surface area contributed by atoms with Gasteiger partial charge in [-0.25, -0.2) is 4.39 Å². The molecule has 0 atom stereocenters. The third kappa shape index (κ3) is 2.16. The molecule has 2 heterocycles. The lowest BCUT2D eigenvalue weighted by atomic mass is 10.2. The Morgan fingerprint density at radius 1 is 1.30 bits per heavy atom. The minimum absolute atomic E-state index is 0.0128. The molecule has 100 valence electrons. The fourth-order valence-corrected chi connectivity index (χ4v) is 1.76. The molecule has 20 heavy (non-hydrogen) atoms. The fourth-order valence-electron chi connectivity index (χ4n) is 1.76. The lowest BCUT2D eigenvalue weighted by Crippen LogP contribution is -2.12. The minimum Gasteiger partial charge on any atom is -0.506 e. The van der Waals surface area contributed by atoms with E-state index < -0.39 is 11.7 Å². The van der Waals surface area contributed by atoms with Crippen LogP contribution in [0.3, 0.4) is 0 Å². The second kappa shape index (κ2) is 4.61. The summed E-state index contributed by atoms with van der Waals surface area (Å²) in [4.78, 5) is 12.0. The summed E-state index contributed by atoms with van der Waals surface area (Å²) < 4.78 is 14.7. The van der Waals surface area contributed by atoms with Gasteiger partial charge in [-0.05, 0) is 24.3 Å². The highest BCUT2D eigenvalue weighted by atomic mass is 19.1. The molecule has 1 aromatic carbocycles. The largest absolute Gasteiger partial charge is 0.506 e. The maximum atomic E-state index is 13.1. The van der Waals surface area contributed by atoms with Crippen molar-refractivity contribution in [2.24, 2.45) is 0 Å². The number of nitrogens with zero attached hydrogens (tertiary/aromatic N) is 3. The zero-order valence-electron chi connectivity index (χ0n) is 10.1. The third-order valence-electron chi connectivity index (χ3n) is 2.76. The van der Waals surface area contributed by atoms with Crippen molar-refractivity contribution in [3.8, 4) is 5.75 Å². The molecule has 3 rings (SSSR count). The van der Waals surface area contributed by atoms with E-state index in [0.29, 0.717) is 11.2 Å². The standard InChI is InChI=1S/C13H9FN4O2/c14-9-2-3-11(19)10(5-9)16-13(20)8-1-4-12-17-15-7-18(12)6-8/h1-7,19H,(H,16,20). The highest BCUT2D eigenvalue weighted by Crippen LogP contribution is 2.24. The monoisotopic (exact) mass is 272 g/mol. The molecule has 0 fully saturated rings. The van der Waals surface area contributed by atoms with Gasteiger partial charge in [0, 0.05) is 12.3 Å². The highest BCUT2D eigenvalue weighted by Gasteiger charge is 2.10. The van der Waals surface area contributed by atoms with Gasteiger partial charge in [0.15, 0.2) is 5.65 Å². The number of amides is 1. The van der Waals surface area contributed by atoms with Crippen molar-refractivity contribution in [1.29, 1.82) is 0 Å². The Kier molecular flexibility index (Phi) is 2.79. The summed E-state index contributed by atoms with van der Waals surface area (Å²) in [5, 5.41) is 19.5. The molecule has 0 saturated heterocycles. The first-order valence-corrected chi connectivity index (χ1v) is 5.73. The number of phenolic OH excluding ortho intramolecular Hbond substituents is 1. The third-order valence-corrected chi connectivity index (χ3v) is 2.76. The molecule has 0 unspecified atom stereocenters. The molecule has 2 N–H and O–H groups in total. The summed E-state index contributed by atoms with van der Waals surface area (Å²) in [6.07, 6.45) is 3.01. The van der Waals surface area contributed by atoms with Crippen LogP contribution in [0.5, 0.6) is 5.75 Å². The SMILES string of the molecule is O=C(Nc1cc(F)ccc1O)c1ccc2nncn2c1. The summed E-state index contributed by atoms with van der Waals surface area (Å²) >= 11 is 0. The zero-order valence-corrected chi connectivity index (χ0v) is 10.1. The lowest BCUT2D eigenvalue weighted by Gasteiger charge is -2.07. The number of fused-ring (bicyclic) bond motifs is 1. The van der Waals surface area contributed by atoms with Crippen molar-refractivity contribution >= 4 is 17.2 Å². The second-order valence-electron chi connectivity index (χ2n) is 4.13. The maximum Gasteiger partial charge on any atom is 0.257 e. The van der Waals surface area contributed by atoms with Crippen LogP contribution in [0, 0.1) is 5.82 Å². The molecule has 2 aromatic heterocycles. The van der Waals surface area contributed by atoms with E-state index >= 15 is 0 Å². The highest BCUT2D eigenvalue weighted by molar-refractivity contribution is 6.04. The average molecular weight is 272 g/mol. The Balaban J connectivity index is 1.90. The van der Waals surface area contributed by atoms with Crippen molar-refractivity contribution in [3.05, 3.63) is 54.2 Å². The molecular formula is C13H9FN4O2. The average Bonchev–Trinajstić information content (AvgIpc) is 2.90. The second-order valence-corrected chi connectivity index (χ2v) is 4.13. The van der Waals surface area contributed by atoms with Crippen molar-refractivity contribution in [3.63, 3.8) is 0 Å². The first kappa shape index (κ1) is 12.1. The van der Waals surface area contributed by atoms with Crippen LogP contribution in [-0.2, 0) is 0 Å². The number of nitrogens with one attached hydrogen (secondary N) is 1. The minimum atomic E-state index is -0.549. The van der Waals surface area contributed by atoms with Gasteiger partial charge in [0.2, 0.25) is 0 Å². The predicted molar refractivity (Wildman–Crippen MR) is 69.0 cm³/mol. The van der Waals surface area contributed by atoms with Crippen LogP contribution in [0.1, 0.15) is 10.4 Å². The molecule has 3 aromatic rings. The number of rotatable bonds is 2. The topological polar surface area (TPSA) is 79.5 Å². The number of carbonyl (C=O) groups is 1. The lowest BCUT2D eigenvalue weighted by molar-refractivity contribution is 0.102. The van der Waals surface area contributed by atoms with E-state index in [1.54, 1.807) is 22.7 Å². The first-order valence-electron chi connectivity index (χ1n) is 5.73. The van der Waals surface area contributed by atoms with E-state index in [-0.39, 0.29) is 11.4 Å². The summed E-state index contributed by atoms with van der Waals surface area (Å²) in [6, 6.07) is 6.52. The van der Waals surface area contributed by atoms with Crippen LogP contribution >= 0.6 is 0 Å². The van der Waals surface area contributed by atoms with E-state index in [9.17, 15) is 14.3 Å². The number of aromatic nitrogens is 3. The molecule has 0 radical (unpaired) electrons. The van der Waals surface area contributed by atoms with Crippen LogP contribution < -0.4 is 5.32 Å². The van der Waals surface area contributed by atoms with Gasteiger partial charge in [-0.3, -0.25) is 9.20 Å². The molecule has 0 aliphatic rings. The van der Waals surface area contributed by atoms with Crippen molar-refractivity contribution in [2.75, 3.05) is 5.32 Å². The van der Waals surface area contributed by atoms with E-state index in [4.69, 9.17) is 0 Å². The van der Waals surface area contributed by atoms with Crippen molar-refractivity contribution in [2.45, 2.75) is 0 Å². The molecule has 1 amide bonds. The molecular weight excluding hydrogens is 263 g/mol. The number of pyridine rings is 1. The quantitative estimate of drug-likeness (QED) is 0.697. The van der Waals surface area contributed by atoms with Gasteiger partial charge in [-0.2, -0.15) is 0 Å². The number of aromatic hydroxyl groups is 1. The molecule has 7 heteroatoms. The molecule has 0 bridgehead atoms. The molecule has 0 aliphatic carbocycles. The zero-order chi connectivity index (χ0) is 14.1. The number of carbonyl (C=O) groups excluding carboxylic acids is 1. The Morgan fingerprint density at radius 3 is 3.00 bits per heavy atom. The molecule has 0 spiro atoms. The molecule has 6 nitrogen and oxygen atoms in total. The summed E-state index contributed by atoms with van der Waals surface area (Å²) in [7, 11) is 0. The first-order chi connectivity index (χ1) is 9.63. The van der Waals surface area contributed by atoms with Crippen molar-refractivity contribution in [1.82, 2.24) is 14.6 Å². The van der Waals surface area contributed by atoms with Crippen LogP contribution in [0.15, 0.2) is 42.9 Å². The van der Waals surface area contributed by atoms with Gasteiger partial charge in [0.25, 0.3) is 5.91 Å². The Hall–Kier alpha value is -2.96. The number of benzene rings is 1. The Bertz CT molecular complexity index is 800. The fraction of sp³-hybridized carbons (Fsp3) is 0. The Labute approximate surface area is 112 Å². The van der Waals surface area contributed by atoms with Gasteiger partial charge < -0.3 is 10.4 Å². The summed E-state index contributed by atoms with van der Waals surface area (Å²) in [5.74, 6) is -1.22. The van der Waals surface area contributed by atoms with E-state index in [1.165, 1.54) is 12.4 Å². The van der Waals surface area contributed by atoms with Crippen molar-refractivity contribution < 1.29 is 14.3 Å². The van der Waals surface area contributed by atoms with Crippen LogP contribution in [-0.4, -0.2) is 25.6 Å². The van der Waals surface area contributed by atoms with Gasteiger partial charge in [-0.1, -0.05) is 0 Å². The summed E-state index contributed by atoms with van der Waals surface area (Å²) in [5.41, 5.74) is 0.954. The number of phenols is 1. The van der Waals surface area contributed by atoms with Crippen LogP contribution in [0.2, 0.25) is 0 Å². The predicted octanol–water partition coefficient (Wildman–Crippen LogP) is 1.83. The smallest absolute Gasteiger partial charge is 0.257 e. The van der Waals surface area contributed by atoms with Gasteiger partial charge >= 0.3 is 0 Å². The van der Waals surface area contributed by atoms with E-state index in [1.807, 2.05) is 0 Å². The van der Waals surface area contributed by atoms with Gasteiger partial charge in [0.05, 0.1) is 11.3 Å².